The molecule has 0 saturated heterocycles. The van der Waals surface area contributed by atoms with Gasteiger partial charge in [0, 0.05) is 16.3 Å². The molecule has 0 aliphatic heterocycles. The number of nitrogens with zero attached hydrogens (tertiary/aromatic N) is 2. The van der Waals surface area contributed by atoms with Gasteiger partial charge in [0.2, 0.25) is 11.8 Å². The van der Waals surface area contributed by atoms with Crippen molar-refractivity contribution >= 4 is 45.7 Å². The molecular weight excluding hydrogens is 382 g/mol. The lowest BCUT2D eigenvalue weighted by Crippen LogP contribution is -2.13. The lowest BCUT2D eigenvalue weighted by atomic mass is 10.1. The second-order valence-corrected chi connectivity index (χ2v) is 7.14. The van der Waals surface area contributed by atoms with Crippen LogP contribution in [0.25, 0.3) is 22.2 Å². The van der Waals surface area contributed by atoms with E-state index < -0.39 is 0 Å². The molecule has 0 bridgehead atoms. The van der Waals surface area contributed by atoms with E-state index in [2.05, 4.69) is 15.5 Å². The van der Waals surface area contributed by atoms with Crippen LogP contribution in [-0.2, 0) is 4.79 Å². The van der Waals surface area contributed by atoms with Gasteiger partial charge in [0.15, 0.2) is 0 Å². The summed E-state index contributed by atoms with van der Waals surface area (Å²) in [5.41, 5.74) is 1.53. The van der Waals surface area contributed by atoms with Gasteiger partial charge in [-0.2, -0.15) is 0 Å². The Morgan fingerprint density at radius 1 is 1.00 bits per heavy atom. The van der Waals surface area contributed by atoms with Crippen LogP contribution >= 0.6 is 23.4 Å². The number of amides is 1. The molecule has 0 unspecified atom stereocenters. The van der Waals surface area contributed by atoms with E-state index in [0.29, 0.717) is 16.1 Å². The van der Waals surface area contributed by atoms with Crippen LogP contribution in [0.1, 0.15) is 0 Å². The average Bonchev–Trinajstić information content (AvgIpc) is 3.16. The highest BCUT2D eigenvalue weighted by Crippen LogP contribution is 2.25. The van der Waals surface area contributed by atoms with E-state index in [-0.39, 0.29) is 11.7 Å². The molecule has 5 nitrogen and oxygen atoms in total. The van der Waals surface area contributed by atoms with Crippen LogP contribution in [0.3, 0.4) is 0 Å². The molecule has 4 rings (SSSR count). The quantitative estimate of drug-likeness (QED) is 0.466. The monoisotopic (exact) mass is 395 g/mol. The third-order valence-corrected chi connectivity index (χ3v) is 4.93. The standard InChI is InChI=1S/C20H14ClN3O2S/c21-16-8-5-14(6-9-16)19-23-24-20(26-19)27-12-18(25)22-17-10-7-13-3-1-2-4-15(13)11-17/h1-11H,12H2,(H,22,25). The second kappa shape index (κ2) is 7.82. The zero-order chi connectivity index (χ0) is 18.6. The Morgan fingerprint density at radius 3 is 2.59 bits per heavy atom. The van der Waals surface area contributed by atoms with E-state index in [1.807, 2.05) is 42.5 Å². The van der Waals surface area contributed by atoms with Crippen LogP contribution in [0.2, 0.25) is 5.02 Å². The zero-order valence-electron chi connectivity index (χ0n) is 14.1. The van der Waals surface area contributed by atoms with Crippen LogP contribution in [0.15, 0.2) is 76.4 Å². The molecule has 0 radical (unpaired) electrons. The maximum atomic E-state index is 12.2. The van der Waals surface area contributed by atoms with E-state index >= 15 is 0 Å². The van der Waals surface area contributed by atoms with Gasteiger partial charge in [-0.15, -0.1) is 10.2 Å². The Kier molecular flexibility index (Phi) is 5.09. The van der Waals surface area contributed by atoms with Gasteiger partial charge in [0.05, 0.1) is 5.75 Å². The summed E-state index contributed by atoms with van der Waals surface area (Å²) < 4.78 is 5.59. The highest BCUT2D eigenvalue weighted by atomic mass is 35.5. The molecule has 7 heteroatoms. The first-order valence-electron chi connectivity index (χ1n) is 8.18. The van der Waals surface area contributed by atoms with Crippen LogP contribution < -0.4 is 5.32 Å². The molecule has 1 heterocycles. The summed E-state index contributed by atoms with van der Waals surface area (Å²) in [5, 5.41) is 14.0. The third-order valence-electron chi connectivity index (χ3n) is 3.86. The molecule has 1 aromatic heterocycles. The van der Waals surface area contributed by atoms with Crippen LogP contribution in [0.4, 0.5) is 5.69 Å². The fourth-order valence-corrected chi connectivity index (χ4v) is 3.26. The number of anilines is 1. The largest absolute Gasteiger partial charge is 0.411 e. The molecule has 4 aromatic rings. The van der Waals surface area contributed by atoms with E-state index in [1.54, 1.807) is 24.3 Å². The summed E-state index contributed by atoms with van der Waals surface area (Å²) in [6.45, 7) is 0. The summed E-state index contributed by atoms with van der Waals surface area (Å²) in [6, 6.07) is 20.9. The van der Waals surface area contributed by atoms with Crippen molar-refractivity contribution in [2.75, 3.05) is 11.1 Å². The zero-order valence-corrected chi connectivity index (χ0v) is 15.6. The summed E-state index contributed by atoms with van der Waals surface area (Å²) in [5.74, 6) is 0.431. The topological polar surface area (TPSA) is 68.0 Å². The molecule has 134 valence electrons. The van der Waals surface area contributed by atoms with Crippen molar-refractivity contribution < 1.29 is 9.21 Å². The van der Waals surface area contributed by atoms with Crippen molar-refractivity contribution in [2.45, 2.75) is 5.22 Å². The minimum Gasteiger partial charge on any atom is -0.411 e. The number of nitrogens with one attached hydrogen (secondary N) is 1. The number of thioether (sulfide) groups is 1. The van der Waals surface area contributed by atoms with Gasteiger partial charge in [0.25, 0.3) is 5.22 Å². The molecule has 0 aliphatic carbocycles. The van der Waals surface area contributed by atoms with Crippen molar-refractivity contribution in [1.29, 1.82) is 0 Å². The van der Waals surface area contributed by atoms with Crippen LogP contribution in [-0.4, -0.2) is 21.9 Å². The Labute approximate surface area is 164 Å². The van der Waals surface area contributed by atoms with Crippen LogP contribution in [0.5, 0.6) is 0 Å². The van der Waals surface area contributed by atoms with Crippen LogP contribution in [0, 0.1) is 0 Å². The lowest BCUT2D eigenvalue weighted by Gasteiger charge is -2.05. The number of carbonyl (C=O) groups is 1. The molecule has 0 saturated carbocycles. The number of benzene rings is 3. The molecule has 27 heavy (non-hydrogen) atoms. The van der Waals surface area contributed by atoms with Gasteiger partial charge in [0.1, 0.15) is 0 Å². The van der Waals surface area contributed by atoms with Crippen molar-refractivity contribution in [2.24, 2.45) is 0 Å². The molecule has 1 N–H and O–H groups in total. The first-order valence-corrected chi connectivity index (χ1v) is 9.55. The minimum atomic E-state index is -0.137. The van der Waals surface area contributed by atoms with Crippen molar-refractivity contribution in [1.82, 2.24) is 10.2 Å². The fraction of sp³-hybridized carbons (Fsp3) is 0.0500. The van der Waals surface area contributed by atoms with Gasteiger partial charge in [-0.05, 0) is 47.2 Å². The summed E-state index contributed by atoms with van der Waals surface area (Å²) >= 11 is 7.06. The smallest absolute Gasteiger partial charge is 0.277 e. The first kappa shape index (κ1) is 17.6. The predicted octanol–water partition coefficient (Wildman–Crippen LogP) is 5.27. The maximum Gasteiger partial charge on any atom is 0.277 e. The van der Waals surface area contributed by atoms with Gasteiger partial charge >= 0.3 is 0 Å². The Hall–Kier alpha value is -2.83. The molecule has 3 aromatic carbocycles. The van der Waals surface area contributed by atoms with E-state index in [1.165, 1.54) is 11.8 Å². The molecule has 0 spiro atoms. The van der Waals surface area contributed by atoms with E-state index in [9.17, 15) is 4.79 Å². The molecule has 0 fully saturated rings. The Bertz CT molecular complexity index is 1100. The summed E-state index contributed by atoms with van der Waals surface area (Å²) in [4.78, 5) is 12.2. The van der Waals surface area contributed by atoms with Crippen molar-refractivity contribution in [3.05, 3.63) is 71.8 Å². The summed E-state index contributed by atoms with van der Waals surface area (Å²) in [6.07, 6.45) is 0. The number of rotatable bonds is 5. The number of aromatic nitrogens is 2. The molecular formula is C20H14ClN3O2S. The van der Waals surface area contributed by atoms with Gasteiger partial charge in [-0.25, -0.2) is 0 Å². The van der Waals surface area contributed by atoms with E-state index in [4.69, 9.17) is 16.0 Å². The number of carbonyl (C=O) groups excluding carboxylic acids is 1. The first-order chi connectivity index (χ1) is 13.2. The predicted molar refractivity (Wildman–Crippen MR) is 108 cm³/mol. The van der Waals surface area contributed by atoms with Crippen molar-refractivity contribution in [3.8, 4) is 11.5 Å². The van der Waals surface area contributed by atoms with Crippen molar-refractivity contribution in [3.63, 3.8) is 0 Å². The summed E-state index contributed by atoms with van der Waals surface area (Å²) in [7, 11) is 0. The number of hydrogen-bond acceptors (Lipinski definition) is 5. The SMILES string of the molecule is O=C(CSc1nnc(-c2ccc(Cl)cc2)o1)Nc1ccc2ccccc2c1. The number of fused-ring (bicyclic) bond motifs is 1. The lowest BCUT2D eigenvalue weighted by molar-refractivity contribution is -0.113. The highest BCUT2D eigenvalue weighted by molar-refractivity contribution is 7.99. The number of hydrogen-bond donors (Lipinski definition) is 1. The normalized spacial score (nSPS) is 10.9. The van der Waals surface area contributed by atoms with Gasteiger partial charge in [-0.3, -0.25) is 4.79 Å². The molecule has 0 atom stereocenters. The number of halogens is 1. The van der Waals surface area contributed by atoms with E-state index in [0.717, 1.165) is 22.0 Å². The van der Waals surface area contributed by atoms with Gasteiger partial charge in [-0.1, -0.05) is 53.7 Å². The maximum absolute atomic E-state index is 12.2. The Morgan fingerprint density at radius 2 is 1.78 bits per heavy atom. The minimum absolute atomic E-state index is 0.137. The van der Waals surface area contributed by atoms with Gasteiger partial charge < -0.3 is 9.73 Å². The second-order valence-electron chi connectivity index (χ2n) is 5.78. The fourth-order valence-electron chi connectivity index (χ4n) is 2.57. The molecule has 0 aliphatic rings. The highest BCUT2D eigenvalue weighted by Gasteiger charge is 2.11. The third kappa shape index (κ3) is 4.30. The Balaban J connectivity index is 1.37. The molecule has 1 amide bonds. The average molecular weight is 396 g/mol.